The summed E-state index contributed by atoms with van der Waals surface area (Å²) in [6.45, 7) is 5.78. The molecule has 0 radical (unpaired) electrons. The second-order valence-electron chi connectivity index (χ2n) is 20.1. The van der Waals surface area contributed by atoms with Gasteiger partial charge in [-0.25, -0.2) is 0 Å². The van der Waals surface area contributed by atoms with E-state index in [1.807, 2.05) is 0 Å². The van der Waals surface area contributed by atoms with Gasteiger partial charge in [0.2, 0.25) is 41.4 Å². The Morgan fingerprint density at radius 3 is 2.07 bits per heavy atom. The number of phenols is 1. The van der Waals surface area contributed by atoms with Crippen LogP contribution in [0.3, 0.4) is 0 Å². The van der Waals surface area contributed by atoms with Crippen molar-refractivity contribution < 1.29 is 64.2 Å². The molecule has 3 saturated heterocycles. The predicted molar refractivity (Wildman–Crippen MR) is 265 cm³/mol. The van der Waals surface area contributed by atoms with Gasteiger partial charge in [0.05, 0.1) is 31.0 Å². The predicted octanol–water partition coefficient (Wildman–Crippen LogP) is -1.84. The summed E-state index contributed by atoms with van der Waals surface area (Å²) in [5.74, 6) is -6.34. The molecular formula is C50H83N9O13. The number of aromatic hydroxyl groups is 1. The second-order valence-corrected chi connectivity index (χ2v) is 20.1. The SMILES string of the molecule is CCC(C)CCCCCCCCCCC(=O)N[C@H]1CC(NCCN)CNC(=O)[C@@H]2[C@@H](O)[C@@H](C)CN2C(=O)[C@H](CO)NC(=O)[C@H]([C@H](O)Cc2ccc(O)cc2)NC(=O)[C@@H]2C[C@@H](O)CN2C(=O)[C@H]([C@@H](C)O)NC1=O. The van der Waals surface area contributed by atoms with E-state index in [0.717, 1.165) is 47.8 Å². The average molecular weight is 1020 g/mol. The Bertz CT molecular complexity index is 1930. The number of hydrogen-bond donors (Lipinski definition) is 13. The monoisotopic (exact) mass is 1020 g/mol. The first-order valence-electron chi connectivity index (χ1n) is 25.9. The first-order valence-corrected chi connectivity index (χ1v) is 25.9. The molecule has 1 aromatic carbocycles. The van der Waals surface area contributed by atoms with Gasteiger partial charge >= 0.3 is 0 Å². The highest BCUT2D eigenvalue weighted by Crippen LogP contribution is 2.26. The lowest BCUT2D eigenvalue weighted by Gasteiger charge is -2.32. The number of hydrogen-bond acceptors (Lipinski definition) is 15. The van der Waals surface area contributed by atoms with Crippen LogP contribution in [0.5, 0.6) is 5.75 Å². The van der Waals surface area contributed by atoms with Crippen molar-refractivity contribution in [3.05, 3.63) is 29.8 Å². The normalized spacial score (nSPS) is 28.4. The van der Waals surface area contributed by atoms with Crippen molar-refractivity contribution in [3.63, 3.8) is 0 Å². The third-order valence-corrected chi connectivity index (χ3v) is 14.2. The number of fused-ring (bicyclic) bond motifs is 2. The lowest BCUT2D eigenvalue weighted by atomic mass is 9.99. The van der Waals surface area contributed by atoms with Crippen molar-refractivity contribution in [2.45, 2.75) is 184 Å². The number of nitrogens with one attached hydrogen (secondary N) is 6. The summed E-state index contributed by atoms with van der Waals surface area (Å²) in [4.78, 5) is 101. The summed E-state index contributed by atoms with van der Waals surface area (Å²) >= 11 is 0. The molecule has 22 heteroatoms. The highest BCUT2D eigenvalue weighted by molar-refractivity contribution is 5.98. The molecule has 0 aromatic heterocycles. The molecule has 4 rings (SSSR count). The number of rotatable bonds is 21. The molecule has 1 aromatic rings. The molecule has 2 unspecified atom stereocenters. The van der Waals surface area contributed by atoms with Crippen LogP contribution in [0, 0.1) is 11.8 Å². The molecule has 0 bridgehead atoms. The highest BCUT2D eigenvalue weighted by atomic mass is 16.3. The maximum Gasteiger partial charge on any atom is 0.248 e. The molecule has 3 heterocycles. The molecule has 3 aliphatic rings. The van der Waals surface area contributed by atoms with E-state index in [-0.39, 0.29) is 57.6 Å². The van der Waals surface area contributed by atoms with Gasteiger partial charge in [-0.2, -0.15) is 0 Å². The van der Waals surface area contributed by atoms with Gasteiger partial charge in [0, 0.05) is 63.9 Å². The average Bonchev–Trinajstić information content (AvgIpc) is 3.89. The van der Waals surface area contributed by atoms with Gasteiger partial charge in [-0.1, -0.05) is 90.7 Å². The number of unbranched alkanes of at least 4 members (excludes halogenated alkanes) is 7. The zero-order chi connectivity index (χ0) is 53.1. The molecule has 7 amide bonds. The number of aliphatic hydroxyl groups excluding tert-OH is 5. The first-order chi connectivity index (χ1) is 34.3. The third kappa shape index (κ3) is 17.6. The fourth-order valence-electron chi connectivity index (χ4n) is 9.58. The third-order valence-electron chi connectivity index (χ3n) is 14.2. The van der Waals surface area contributed by atoms with Crippen LogP contribution in [0.1, 0.15) is 117 Å². The summed E-state index contributed by atoms with van der Waals surface area (Å²) in [7, 11) is 0. The van der Waals surface area contributed by atoms with Gasteiger partial charge in [-0.3, -0.25) is 33.6 Å². The van der Waals surface area contributed by atoms with E-state index >= 15 is 0 Å². The number of nitrogens with two attached hydrogens (primary N) is 1. The molecule has 22 nitrogen and oxygen atoms in total. The zero-order valence-electron chi connectivity index (χ0n) is 42.5. The van der Waals surface area contributed by atoms with E-state index in [2.05, 4.69) is 45.7 Å². The van der Waals surface area contributed by atoms with Gasteiger partial charge in [0.15, 0.2) is 0 Å². The smallest absolute Gasteiger partial charge is 0.248 e. The van der Waals surface area contributed by atoms with Crippen LogP contribution in [-0.4, -0.2) is 188 Å². The summed E-state index contributed by atoms with van der Waals surface area (Å²) in [5.41, 5.74) is 6.25. The number of carbonyl (C=O) groups excluding carboxylic acids is 7. The van der Waals surface area contributed by atoms with Gasteiger partial charge in [-0.05, 0) is 43.4 Å². The minimum absolute atomic E-state index is 0.0793. The maximum atomic E-state index is 14.4. The lowest BCUT2D eigenvalue weighted by Crippen LogP contribution is -2.63. The lowest BCUT2D eigenvalue weighted by molar-refractivity contribution is -0.146. The molecule has 13 atom stereocenters. The van der Waals surface area contributed by atoms with E-state index < -0.39 is 127 Å². The Balaban J connectivity index is 1.66. The summed E-state index contributed by atoms with van der Waals surface area (Å²) in [6.07, 6.45) is 3.59. The van der Waals surface area contributed by atoms with E-state index in [0.29, 0.717) is 12.0 Å². The number of aliphatic hydroxyl groups is 5. The molecule has 3 fully saturated rings. The minimum atomic E-state index is -1.89. The Hall–Kier alpha value is -4.97. The van der Waals surface area contributed by atoms with Crippen molar-refractivity contribution in [2.24, 2.45) is 17.6 Å². The zero-order valence-corrected chi connectivity index (χ0v) is 42.5. The number of nitrogens with zero attached hydrogens (tertiary/aromatic N) is 2. The Morgan fingerprint density at radius 2 is 1.44 bits per heavy atom. The van der Waals surface area contributed by atoms with Crippen molar-refractivity contribution >= 4 is 41.4 Å². The van der Waals surface area contributed by atoms with Gasteiger partial charge in [0.25, 0.3) is 0 Å². The molecule has 0 spiro atoms. The quantitative estimate of drug-likeness (QED) is 0.0602. The van der Waals surface area contributed by atoms with Crippen LogP contribution < -0.4 is 37.6 Å². The Labute approximate surface area is 423 Å². The fourth-order valence-corrected chi connectivity index (χ4v) is 9.58. The summed E-state index contributed by atoms with van der Waals surface area (Å²) in [6, 6.07) is -5.00. The molecule has 72 heavy (non-hydrogen) atoms. The highest BCUT2D eigenvalue weighted by Gasteiger charge is 2.48. The second kappa shape index (κ2) is 29.7. The summed E-state index contributed by atoms with van der Waals surface area (Å²) < 4.78 is 0. The molecule has 406 valence electrons. The molecule has 0 aliphatic carbocycles. The van der Waals surface area contributed by atoms with E-state index in [9.17, 15) is 64.2 Å². The minimum Gasteiger partial charge on any atom is -0.508 e. The number of benzene rings is 1. The summed E-state index contributed by atoms with van der Waals surface area (Å²) in [5, 5.41) is 81.1. The van der Waals surface area contributed by atoms with Crippen LogP contribution in [0.15, 0.2) is 24.3 Å². The van der Waals surface area contributed by atoms with Crippen LogP contribution in [0.4, 0.5) is 0 Å². The van der Waals surface area contributed by atoms with Gasteiger partial charge in [0.1, 0.15) is 42.0 Å². The van der Waals surface area contributed by atoms with Crippen molar-refractivity contribution in [2.75, 3.05) is 39.3 Å². The molecule has 3 aliphatic heterocycles. The number of phenolic OH excluding ortho intramolecular Hbond substituents is 1. The first kappa shape index (κ1) is 59.6. The number of carbonyl (C=O) groups is 7. The topological polar surface area (TPSA) is 346 Å². The van der Waals surface area contributed by atoms with Gasteiger partial charge in [-0.15, -0.1) is 0 Å². The Morgan fingerprint density at radius 1 is 0.806 bits per heavy atom. The van der Waals surface area contributed by atoms with Crippen LogP contribution in [-0.2, 0) is 40.0 Å². The largest absolute Gasteiger partial charge is 0.508 e. The Kier molecular flexibility index (Phi) is 24.5. The van der Waals surface area contributed by atoms with Gasteiger partial charge < -0.3 is 78.1 Å². The number of amides is 7. The fraction of sp³-hybridized carbons (Fsp3) is 0.740. The van der Waals surface area contributed by atoms with Crippen LogP contribution in [0.2, 0.25) is 0 Å². The van der Waals surface area contributed by atoms with Crippen molar-refractivity contribution in [3.8, 4) is 5.75 Å². The van der Waals surface area contributed by atoms with E-state index in [1.165, 1.54) is 56.9 Å². The standard InChI is InChI=1S/C50H83N9O13/c1-5-29(2)14-12-10-8-6-7-9-11-13-15-40(65)54-36-23-33(52-21-20-51)25-53-48(70)43-44(66)30(3)26-59(43)49(71)37(28-60)55-47(69)42(39(64)22-32-16-18-34(62)19-17-32)57-46(68)38-24-35(63)27-58(38)50(72)41(31(4)61)56-45(36)67/h16-19,29-31,33,35-39,41-44,52,60-64,66H,5-15,20-28,51H2,1-4H3,(H,53,70)(H,54,65)(H,55,69)(H,56,67)(H,57,68)/t29?,30-,31+,33?,35+,36-,37-,38-,39+,41-,42-,43-,44-/m0/s1. The maximum absolute atomic E-state index is 14.4. The molecular weight excluding hydrogens is 935 g/mol. The van der Waals surface area contributed by atoms with Crippen LogP contribution in [0.25, 0.3) is 0 Å². The molecule has 0 saturated carbocycles. The van der Waals surface area contributed by atoms with Crippen molar-refractivity contribution in [1.29, 1.82) is 0 Å². The molecule has 14 N–H and O–H groups in total. The van der Waals surface area contributed by atoms with E-state index in [1.54, 1.807) is 6.92 Å². The van der Waals surface area contributed by atoms with Crippen LogP contribution >= 0.6 is 0 Å². The van der Waals surface area contributed by atoms with E-state index in [4.69, 9.17) is 5.73 Å². The van der Waals surface area contributed by atoms with Crippen molar-refractivity contribution in [1.82, 2.24) is 41.7 Å².